The second kappa shape index (κ2) is 9.52. The highest BCUT2D eigenvalue weighted by Crippen LogP contribution is 2.09. The fourth-order valence-electron chi connectivity index (χ4n) is 2.95. The van der Waals surface area contributed by atoms with E-state index in [4.69, 9.17) is 4.99 Å². The highest BCUT2D eigenvalue weighted by molar-refractivity contribution is 5.93. The summed E-state index contributed by atoms with van der Waals surface area (Å²) in [6.07, 6.45) is 5.40. The average Bonchev–Trinajstić information content (AvgIpc) is 3.33. The molecule has 0 spiro atoms. The lowest BCUT2D eigenvalue weighted by molar-refractivity contribution is 0.840. The van der Waals surface area contributed by atoms with Crippen LogP contribution in [0, 0.1) is 6.92 Å². The average molecular weight is 396 g/mol. The predicted octanol–water partition coefficient (Wildman–Crippen LogP) is 4.33. The molecule has 2 heterocycles. The Balaban J connectivity index is 1.50. The molecule has 4 aromatic rings. The zero-order valence-electron chi connectivity index (χ0n) is 16.9. The van der Waals surface area contributed by atoms with Crippen LogP contribution in [0.4, 0.5) is 5.69 Å². The summed E-state index contributed by atoms with van der Waals surface area (Å²) < 4.78 is 1.74. The number of guanidine groups is 1. The monoisotopic (exact) mass is 396 g/mol. The molecule has 0 saturated carbocycles. The molecule has 0 amide bonds. The van der Waals surface area contributed by atoms with Crippen LogP contribution in [0.1, 0.15) is 16.7 Å². The lowest BCUT2D eigenvalue weighted by Crippen LogP contribution is -2.30. The van der Waals surface area contributed by atoms with Crippen molar-refractivity contribution in [3.05, 3.63) is 108 Å². The predicted molar refractivity (Wildman–Crippen MR) is 121 cm³/mol. The van der Waals surface area contributed by atoms with Crippen molar-refractivity contribution in [3.63, 3.8) is 0 Å². The highest BCUT2D eigenvalue weighted by Gasteiger charge is 2.03. The number of aromatic nitrogens is 3. The van der Waals surface area contributed by atoms with Gasteiger partial charge in [0.1, 0.15) is 0 Å². The number of aryl methyl sites for hydroxylation is 1. The first-order valence-electron chi connectivity index (χ1n) is 9.87. The third kappa shape index (κ3) is 5.32. The summed E-state index contributed by atoms with van der Waals surface area (Å²) >= 11 is 0. The number of pyridine rings is 1. The van der Waals surface area contributed by atoms with Gasteiger partial charge in [0.25, 0.3) is 0 Å². The molecule has 2 N–H and O–H groups in total. The molecule has 150 valence electrons. The molecule has 6 nitrogen and oxygen atoms in total. The Morgan fingerprint density at radius 1 is 0.933 bits per heavy atom. The minimum atomic E-state index is 0.521. The molecular weight excluding hydrogens is 372 g/mol. The maximum absolute atomic E-state index is 4.78. The second-order valence-electron chi connectivity index (χ2n) is 6.97. The molecule has 0 aliphatic rings. The Hall–Kier alpha value is -3.93. The van der Waals surface area contributed by atoms with Crippen molar-refractivity contribution in [2.45, 2.75) is 20.0 Å². The summed E-state index contributed by atoms with van der Waals surface area (Å²) in [6, 6.07) is 24.4. The van der Waals surface area contributed by atoms with Gasteiger partial charge in [-0.05, 0) is 48.4 Å². The van der Waals surface area contributed by atoms with Gasteiger partial charge in [-0.25, -0.2) is 14.7 Å². The van der Waals surface area contributed by atoms with E-state index >= 15 is 0 Å². The summed E-state index contributed by atoms with van der Waals surface area (Å²) in [5.74, 6) is 1.50. The van der Waals surface area contributed by atoms with Crippen molar-refractivity contribution in [3.8, 4) is 5.82 Å². The van der Waals surface area contributed by atoms with E-state index in [2.05, 4.69) is 51.9 Å². The van der Waals surface area contributed by atoms with Gasteiger partial charge in [-0.1, -0.05) is 48.0 Å². The van der Waals surface area contributed by atoms with Crippen LogP contribution >= 0.6 is 0 Å². The maximum atomic E-state index is 4.78. The van der Waals surface area contributed by atoms with Crippen molar-refractivity contribution in [2.75, 3.05) is 5.32 Å². The molecule has 0 aliphatic heterocycles. The zero-order valence-corrected chi connectivity index (χ0v) is 16.9. The normalized spacial score (nSPS) is 11.3. The van der Waals surface area contributed by atoms with Crippen LogP contribution in [0.25, 0.3) is 5.82 Å². The van der Waals surface area contributed by atoms with Gasteiger partial charge in [-0.2, -0.15) is 5.10 Å². The number of para-hydroxylation sites is 1. The largest absolute Gasteiger partial charge is 0.352 e. The molecule has 30 heavy (non-hydrogen) atoms. The molecule has 0 bridgehead atoms. The fraction of sp³-hybridized carbons (Fsp3) is 0.125. The van der Waals surface area contributed by atoms with E-state index in [1.807, 2.05) is 54.7 Å². The van der Waals surface area contributed by atoms with Gasteiger partial charge in [0.2, 0.25) is 0 Å². The Labute approximate surface area is 176 Å². The lowest BCUT2D eigenvalue weighted by atomic mass is 10.1. The van der Waals surface area contributed by atoms with Crippen LogP contribution in [0.2, 0.25) is 0 Å². The van der Waals surface area contributed by atoms with Crippen molar-refractivity contribution < 1.29 is 0 Å². The van der Waals surface area contributed by atoms with Crippen LogP contribution in [0.5, 0.6) is 0 Å². The molecule has 0 radical (unpaired) electrons. The van der Waals surface area contributed by atoms with E-state index < -0.39 is 0 Å². The first kappa shape index (κ1) is 19.4. The Morgan fingerprint density at radius 2 is 1.77 bits per heavy atom. The number of hydrogen-bond acceptors (Lipinski definition) is 3. The quantitative estimate of drug-likeness (QED) is 0.376. The van der Waals surface area contributed by atoms with Gasteiger partial charge in [0.15, 0.2) is 11.8 Å². The molecule has 0 unspecified atom stereocenters. The maximum Gasteiger partial charge on any atom is 0.196 e. The second-order valence-corrected chi connectivity index (χ2v) is 6.97. The van der Waals surface area contributed by atoms with Crippen LogP contribution in [0.3, 0.4) is 0 Å². The molecule has 2 aromatic heterocycles. The molecular formula is C24H24N6. The molecule has 0 atom stereocenters. The van der Waals surface area contributed by atoms with E-state index in [0.717, 1.165) is 23.0 Å². The number of rotatable bonds is 6. The van der Waals surface area contributed by atoms with Gasteiger partial charge < -0.3 is 10.6 Å². The smallest absolute Gasteiger partial charge is 0.196 e. The Kier molecular flexibility index (Phi) is 6.15. The minimum Gasteiger partial charge on any atom is -0.352 e. The van der Waals surface area contributed by atoms with Gasteiger partial charge in [-0.15, -0.1) is 0 Å². The third-order valence-electron chi connectivity index (χ3n) is 4.59. The summed E-state index contributed by atoms with van der Waals surface area (Å²) in [5.41, 5.74) is 4.49. The summed E-state index contributed by atoms with van der Waals surface area (Å²) in [5, 5.41) is 11.0. The lowest BCUT2D eigenvalue weighted by Gasteiger charge is -2.13. The molecule has 0 aliphatic carbocycles. The van der Waals surface area contributed by atoms with Crippen LogP contribution in [-0.4, -0.2) is 20.7 Å². The van der Waals surface area contributed by atoms with Crippen molar-refractivity contribution in [1.82, 2.24) is 20.1 Å². The molecule has 0 fully saturated rings. The van der Waals surface area contributed by atoms with Gasteiger partial charge in [0, 0.05) is 30.8 Å². The van der Waals surface area contributed by atoms with E-state index in [1.54, 1.807) is 17.1 Å². The van der Waals surface area contributed by atoms with E-state index in [9.17, 15) is 0 Å². The topological polar surface area (TPSA) is 67.1 Å². The highest BCUT2D eigenvalue weighted by atomic mass is 15.3. The van der Waals surface area contributed by atoms with E-state index in [-0.39, 0.29) is 0 Å². The van der Waals surface area contributed by atoms with Gasteiger partial charge >= 0.3 is 0 Å². The fourth-order valence-corrected chi connectivity index (χ4v) is 2.95. The minimum absolute atomic E-state index is 0.521. The van der Waals surface area contributed by atoms with Crippen LogP contribution in [0.15, 0.2) is 96.4 Å². The van der Waals surface area contributed by atoms with Crippen LogP contribution in [-0.2, 0) is 13.1 Å². The summed E-state index contributed by atoms with van der Waals surface area (Å²) in [4.78, 5) is 9.16. The van der Waals surface area contributed by atoms with E-state index in [1.165, 1.54) is 11.1 Å². The number of nitrogens with zero attached hydrogens (tertiary/aromatic N) is 4. The number of anilines is 1. The number of benzene rings is 2. The Morgan fingerprint density at radius 3 is 2.53 bits per heavy atom. The Bertz CT molecular complexity index is 1090. The number of hydrogen-bond donors (Lipinski definition) is 2. The van der Waals surface area contributed by atoms with Crippen molar-refractivity contribution in [2.24, 2.45) is 4.99 Å². The first-order valence-corrected chi connectivity index (χ1v) is 9.87. The zero-order chi connectivity index (χ0) is 20.6. The van der Waals surface area contributed by atoms with Crippen LogP contribution < -0.4 is 10.6 Å². The molecule has 2 aromatic carbocycles. The van der Waals surface area contributed by atoms with E-state index in [0.29, 0.717) is 13.1 Å². The van der Waals surface area contributed by atoms with Crippen molar-refractivity contribution >= 4 is 11.6 Å². The summed E-state index contributed by atoms with van der Waals surface area (Å²) in [7, 11) is 0. The number of nitrogens with one attached hydrogen (secondary N) is 2. The third-order valence-corrected chi connectivity index (χ3v) is 4.59. The summed E-state index contributed by atoms with van der Waals surface area (Å²) in [6.45, 7) is 3.30. The molecule has 0 saturated heterocycles. The molecule has 6 heteroatoms. The van der Waals surface area contributed by atoms with Crippen molar-refractivity contribution in [1.29, 1.82) is 0 Å². The van der Waals surface area contributed by atoms with Gasteiger partial charge in [0.05, 0.1) is 6.54 Å². The SMILES string of the molecule is Cc1ccc(CNC(=NCc2ccnc(-n3cccn3)c2)Nc2ccccc2)cc1. The standard InChI is InChI=1S/C24H24N6/c1-19-8-10-20(11-9-19)17-26-24(29-22-6-3-2-4-7-22)27-18-21-12-14-25-23(16-21)30-15-5-13-28-30/h2-16H,17-18H2,1H3,(H2,26,27,29). The number of aliphatic imine (C=N–C) groups is 1. The van der Waals surface area contributed by atoms with Gasteiger partial charge in [-0.3, -0.25) is 0 Å². The molecule has 4 rings (SSSR count). The first-order chi connectivity index (χ1) is 14.8.